The van der Waals surface area contributed by atoms with Crippen molar-refractivity contribution in [1.29, 1.82) is 5.26 Å². The summed E-state index contributed by atoms with van der Waals surface area (Å²) in [6.07, 6.45) is 7.98. The Kier molecular flexibility index (Phi) is 5.64. The van der Waals surface area contributed by atoms with Gasteiger partial charge in [-0.05, 0) is 23.8 Å². The van der Waals surface area contributed by atoms with Gasteiger partial charge in [-0.15, -0.1) is 0 Å². The molecule has 0 aliphatic carbocycles. The first-order chi connectivity index (χ1) is 10.8. The first kappa shape index (κ1) is 15.2. The van der Waals surface area contributed by atoms with E-state index >= 15 is 0 Å². The van der Waals surface area contributed by atoms with Crippen molar-refractivity contribution in [2.45, 2.75) is 0 Å². The highest BCUT2D eigenvalue weighted by Gasteiger charge is 1.96. The van der Waals surface area contributed by atoms with Crippen LogP contribution in [-0.4, -0.2) is 29.0 Å². The minimum atomic E-state index is -0.176. The van der Waals surface area contributed by atoms with Crippen molar-refractivity contribution in [3.63, 3.8) is 0 Å². The molecular formula is C16H15N5O. The van der Waals surface area contributed by atoms with Gasteiger partial charge < -0.3 is 10.6 Å². The predicted molar refractivity (Wildman–Crippen MR) is 83.7 cm³/mol. The van der Waals surface area contributed by atoms with Gasteiger partial charge in [0.05, 0.1) is 17.8 Å². The van der Waals surface area contributed by atoms with E-state index in [9.17, 15) is 4.79 Å². The van der Waals surface area contributed by atoms with Gasteiger partial charge in [0, 0.05) is 31.6 Å². The van der Waals surface area contributed by atoms with Crippen molar-refractivity contribution in [3.8, 4) is 6.07 Å². The number of amides is 1. The smallest absolute Gasteiger partial charge is 0.244 e. The standard InChI is InChI=1S/C16H15N5O/c17-11-14-3-1-13(2-4-14)5-6-16(22)21-10-9-20-15-12-18-7-8-19-15/h1-8,12H,9-10H2,(H,19,20)(H,21,22)/b6-5+. The fraction of sp³-hybridized carbons (Fsp3) is 0.125. The molecule has 0 radical (unpaired) electrons. The van der Waals surface area contributed by atoms with Gasteiger partial charge >= 0.3 is 0 Å². The molecule has 0 spiro atoms. The fourth-order valence-corrected chi connectivity index (χ4v) is 1.67. The molecule has 1 amide bonds. The Bertz CT molecular complexity index is 674. The maximum absolute atomic E-state index is 11.6. The number of carbonyl (C=O) groups excluding carboxylic acids is 1. The molecule has 0 aliphatic heterocycles. The lowest BCUT2D eigenvalue weighted by Gasteiger charge is -2.05. The van der Waals surface area contributed by atoms with Crippen LogP contribution in [0, 0.1) is 11.3 Å². The summed E-state index contributed by atoms with van der Waals surface area (Å²) in [5.41, 5.74) is 1.46. The van der Waals surface area contributed by atoms with E-state index in [0.717, 1.165) is 5.56 Å². The third-order valence-electron chi connectivity index (χ3n) is 2.76. The van der Waals surface area contributed by atoms with E-state index in [1.54, 1.807) is 48.9 Å². The van der Waals surface area contributed by atoms with Crippen LogP contribution in [0.1, 0.15) is 11.1 Å². The van der Waals surface area contributed by atoms with Crippen LogP contribution in [0.4, 0.5) is 5.82 Å². The molecule has 1 aromatic heterocycles. The lowest BCUT2D eigenvalue weighted by molar-refractivity contribution is -0.116. The number of benzene rings is 1. The third-order valence-corrected chi connectivity index (χ3v) is 2.76. The van der Waals surface area contributed by atoms with Crippen molar-refractivity contribution in [1.82, 2.24) is 15.3 Å². The minimum Gasteiger partial charge on any atom is -0.367 e. The predicted octanol–water partition coefficient (Wildman–Crippen LogP) is 1.59. The summed E-state index contributed by atoms with van der Waals surface area (Å²) < 4.78 is 0. The van der Waals surface area contributed by atoms with Crippen LogP contribution >= 0.6 is 0 Å². The normalized spacial score (nSPS) is 10.1. The van der Waals surface area contributed by atoms with Crippen LogP contribution in [0.15, 0.2) is 48.9 Å². The highest BCUT2D eigenvalue weighted by molar-refractivity contribution is 5.91. The maximum atomic E-state index is 11.6. The second-order valence-electron chi connectivity index (χ2n) is 4.38. The van der Waals surface area contributed by atoms with Gasteiger partial charge in [0.2, 0.25) is 5.91 Å². The summed E-state index contributed by atoms with van der Waals surface area (Å²) in [4.78, 5) is 19.6. The Morgan fingerprint density at radius 1 is 1.23 bits per heavy atom. The van der Waals surface area contributed by atoms with Gasteiger partial charge in [-0.3, -0.25) is 9.78 Å². The summed E-state index contributed by atoms with van der Waals surface area (Å²) in [6, 6.07) is 9.05. The second kappa shape index (κ2) is 8.17. The highest BCUT2D eigenvalue weighted by atomic mass is 16.1. The zero-order valence-corrected chi connectivity index (χ0v) is 11.9. The summed E-state index contributed by atoms with van der Waals surface area (Å²) in [5.74, 6) is 0.496. The number of rotatable bonds is 6. The second-order valence-corrected chi connectivity index (χ2v) is 4.38. The molecular weight excluding hydrogens is 278 g/mol. The summed E-state index contributed by atoms with van der Waals surface area (Å²) in [5, 5.41) is 14.5. The number of anilines is 1. The monoisotopic (exact) mass is 293 g/mol. The van der Waals surface area contributed by atoms with Crippen molar-refractivity contribution in [3.05, 3.63) is 60.1 Å². The molecule has 6 nitrogen and oxygen atoms in total. The van der Waals surface area contributed by atoms with E-state index in [2.05, 4.69) is 20.6 Å². The molecule has 0 aliphatic rings. The first-order valence-electron chi connectivity index (χ1n) is 6.74. The minimum absolute atomic E-state index is 0.176. The Balaban J connectivity index is 1.71. The van der Waals surface area contributed by atoms with Crippen molar-refractivity contribution < 1.29 is 4.79 Å². The maximum Gasteiger partial charge on any atom is 0.244 e. The molecule has 0 fully saturated rings. The Morgan fingerprint density at radius 2 is 2.05 bits per heavy atom. The van der Waals surface area contributed by atoms with Gasteiger partial charge in [0.15, 0.2) is 0 Å². The lowest BCUT2D eigenvalue weighted by Crippen LogP contribution is -2.27. The molecule has 6 heteroatoms. The van der Waals surface area contributed by atoms with Crippen molar-refractivity contribution >= 4 is 17.8 Å². The van der Waals surface area contributed by atoms with Gasteiger partial charge in [-0.2, -0.15) is 5.26 Å². The van der Waals surface area contributed by atoms with Gasteiger partial charge in [0.1, 0.15) is 5.82 Å². The molecule has 2 N–H and O–H groups in total. The van der Waals surface area contributed by atoms with Gasteiger partial charge in [-0.1, -0.05) is 12.1 Å². The van der Waals surface area contributed by atoms with Crippen LogP contribution in [0.2, 0.25) is 0 Å². The van der Waals surface area contributed by atoms with Crippen molar-refractivity contribution in [2.24, 2.45) is 0 Å². The molecule has 1 heterocycles. The number of hydrogen-bond acceptors (Lipinski definition) is 5. The van der Waals surface area contributed by atoms with Crippen LogP contribution in [-0.2, 0) is 4.79 Å². The van der Waals surface area contributed by atoms with E-state index in [-0.39, 0.29) is 5.91 Å². The third kappa shape index (κ3) is 5.06. The topological polar surface area (TPSA) is 90.7 Å². The molecule has 0 unspecified atom stereocenters. The Hall–Kier alpha value is -3.20. The van der Waals surface area contributed by atoms with Crippen LogP contribution in [0.25, 0.3) is 6.08 Å². The van der Waals surface area contributed by atoms with Crippen LogP contribution in [0.5, 0.6) is 0 Å². The van der Waals surface area contributed by atoms with Crippen LogP contribution < -0.4 is 10.6 Å². The molecule has 0 atom stereocenters. The SMILES string of the molecule is N#Cc1ccc(/C=C/C(=O)NCCNc2cnccn2)cc1. The van der Waals surface area contributed by atoms with E-state index in [0.29, 0.717) is 24.5 Å². The number of nitrogens with zero attached hydrogens (tertiary/aromatic N) is 3. The first-order valence-corrected chi connectivity index (χ1v) is 6.74. The summed E-state index contributed by atoms with van der Waals surface area (Å²) in [6.45, 7) is 1.04. The summed E-state index contributed by atoms with van der Waals surface area (Å²) >= 11 is 0. The Labute approximate surface area is 128 Å². The number of aromatic nitrogens is 2. The molecule has 0 saturated carbocycles. The highest BCUT2D eigenvalue weighted by Crippen LogP contribution is 2.04. The molecule has 2 aromatic rings. The summed E-state index contributed by atoms with van der Waals surface area (Å²) in [7, 11) is 0. The lowest BCUT2D eigenvalue weighted by atomic mass is 10.1. The number of hydrogen-bond donors (Lipinski definition) is 2. The van der Waals surface area contributed by atoms with Crippen molar-refractivity contribution in [2.75, 3.05) is 18.4 Å². The molecule has 2 rings (SSSR count). The zero-order valence-electron chi connectivity index (χ0n) is 11.9. The zero-order chi connectivity index (χ0) is 15.6. The number of nitrogens with one attached hydrogen (secondary N) is 2. The average Bonchev–Trinajstić information content (AvgIpc) is 2.58. The quantitative estimate of drug-likeness (QED) is 0.623. The fourth-order valence-electron chi connectivity index (χ4n) is 1.67. The number of carbonyl (C=O) groups is 1. The Morgan fingerprint density at radius 3 is 2.73 bits per heavy atom. The average molecular weight is 293 g/mol. The van der Waals surface area contributed by atoms with Gasteiger partial charge in [-0.25, -0.2) is 4.98 Å². The number of nitriles is 1. The molecule has 0 bridgehead atoms. The van der Waals surface area contributed by atoms with E-state index in [1.807, 2.05) is 6.07 Å². The molecule has 0 saturated heterocycles. The van der Waals surface area contributed by atoms with Crippen LogP contribution in [0.3, 0.4) is 0 Å². The van der Waals surface area contributed by atoms with E-state index in [1.165, 1.54) is 6.08 Å². The largest absolute Gasteiger partial charge is 0.367 e. The van der Waals surface area contributed by atoms with E-state index in [4.69, 9.17) is 5.26 Å². The molecule has 22 heavy (non-hydrogen) atoms. The molecule has 1 aromatic carbocycles. The molecule has 110 valence electrons. The van der Waals surface area contributed by atoms with E-state index < -0.39 is 0 Å². The van der Waals surface area contributed by atoms with Gasteiger partial charge in [0.25, 0.3) is 0 Å².